The van der Waals surface area contributed by atoms with Gasteiger partial charge in [-0.25, -0.2) is 0 Å². The van der Waals surface area contributed by atoms with E-state index in [0.717, 1.165) is 12.0 Å². The number of rotatable bonds is 8. The third kappa shape index (κ3) is 5.80. The van der Waals surface area contributed by atoms with Gasteiger partial charge in [0.2, 0.25) is 5.91 Å². The van der Waals surface area contributed by atoms with Crippen molar-refractivity contribution < 1.29 is 9.53 Å². The van der Waals surface area contributed by atoms with Gasteiger partial charge in [0, 0.05) is 19.8 Å². The molecule has 0 saturated carbocycles. The fourth-order valence-corrected chi connectivity index (χ4v) is 1.62. The highest BCUT2D eigenvalue weighted by atomic mass is 16.5. The maximum atomic E-state index is 11.7. The monoisotopic (exact) mass is 250 g/mol. The van der Waals surface area contributed by atoms with Crippen molar-refractivity contribution in [3.8, 4) is 0 Å². The molecule has 1 atom stereocenters. The van der Waals surface area contributed by atoms with Crippen LogP contribution < -0.4 is 11.1 Å². The van der Waals surface area contributed by atoms with E-state index in [1.54, 1.807) is 0 Å². The fraction of sp³-hybridized carbons (Fsp3) is 0.500. The lowest BCUT2D eigenvalue weighted by Crippen LogP contribution is -2.42. The normalized spacial score (nSPS) is 12.1. The molecule has 0 aromatic heterocycles. The molecule has 1 aromatic carbocycles. The Balaban J connectivity index is 2.21. The van der Waals surface area contributed by atoms with Crippen molar-refractivity contribution in [1.29, 1.82) is 0 Å². The fourth-order valence-electron chi connectivity index (χ4n) is 1.62. The number of benzene rings is 1. The first-order chi connectivity index (χ1) is 8.74. The maximum Gasteiger partial charge on any atom is 0.237 e. The van der Waals surface area contributed by atoms with E-state index in [2.05, 4.69) is 5.32 Å². The number of carbonyl (C=O) groups is 1. The summed E-state index contributed by atoms with van der Waals surface area (Å²) in [6.45, 7) is 3.95. The Morgan fingerprint density at radius 1 is 1.39 bits per heavy atom. The third-order valence-electron chi connectivity index (χ3n) is 2.60. The van der Waals surface area contributed by atoms with Crippen molar-refractivity contribution in [1.82, 2.24) is 5.32 Å². The Morgan fingerprint density at radius 3 is 2.78 bits per heavy atom. The standard InChI is InChI=1S/C14H22N2O2/c1-2-18-10-6-9-16-14(17)13(15)11-12-7-4-3-5-8-12/h3-5,7-8,13H,2,6,9-11,15H2,1H3,(H,16,17). The average molecular weight is 250 g/mol. The van der Waals surface area contributed by atoms with E-state index in [1.807, 2.05) is 37.3 Å². The van der Waals surface area contributed by atoms with Crippen LogP contribution in [0.3, 0.4) is 0 Å². The summed E-state index contributed by atoms with van der Waals surface area (Å²) in [5.74, 6) is -0.102. The summed E-state index contributed by atoms with van der Waals surface area (Å²) < 4.78 is 5.19. The van der Waals surface area contributed by atoms with Gasteiger partial charge in [-0.05, 0) is 25.3 Å². The van der Waals surface area contributed by atoms with Gasteiger partial charge in [-0.15, -0.1) is 0 Å². The second-order valence-electron chi connectivity index (χ2n) is 4.14. The molecule has 0 heterocycles. The summed E-state index contributed by atoms with van der Waals surface area (Å²) in [4.78, 5) is 11.7. The summed E-state index contributed by atoms with van der Waals surface area (Å²) in [6.07, 6.45) is 1.38. The number of amides is 1. The number of hydrogen-bond acceptors (Lipinski definition) is 3. The van der Waals surface area contributed by atoms with Crippen LogP contribution in [0, 0.1) is 0 Å². The van der Waals surface area contributed by atoms with E-state index in [9.17, 15) is 4.79 Å². The predicted octanol–water partition coefficient (Wildman–Crippen LogP) is 1.10. The lowest BCUT2D eigenvalue weighted by molar-refractivity contribution is -0.122. The molecule has 0 aliphatic rings. The highest BCUT2D eigenvalue weighted by Gasteiger charge is 2.12. The Morgan fingerprint density at radius 2 is 2.11 bits per heavy atom. The zero-order chi connectivity index (χ0) is 13.2. The molecule has 0 spiro atoms. The van der Waals surface area contributed by atoms with Crippen molar-refractivity contribution in [2.24, 2.45) is 5.73 Å². The van der Waals surface area contributed by atoms with Crippen molar-refractivity contribution in [2.45, 2.75) is 25.8 Å². The molecule has 4 nitrogen and oxygen atoms in total. The highest BCUT2D eigenvalue weighted by molar-refractivity contribution is 5.81. The lowest BCUT2D eigenvalue weighted by atomic mass is 10.1. The highest BCUT2D eigenvalue weighted by Crippen LogP contribution is 2.01. The topological polar surface area (TPSA) is 64.3 Å². The predicted molar refractivity (Wildman–Crippen MR) is 72.2 cm³/mol. The van der Waals surface area contributed by atoms with Gasteiger partial charge in [0.1, 0.15) is 0 Å². The summed E-state index contributed by atoms with van der Waals surface area (Å²) in [7, 11) is 0. The van der Waals surface area contributed by atoms with Crippen LogP contribution in [0.2, 0.25) is 0 Å². The molecule has 0 saturated heterocycles. The van der Waals surface area contributed by atoms with E-state index in [1.165, 1.54) is 0 Å². The van der Waals surface area contributed by atoms with Gasteiger partial charge in [0.15, 0.2) is 0 Å². The summed E-state index contributed by atoms with van der Waals surface area (Å²) in [5.41, 5.74) is 6.93. The molecule has 0 radical (unpaired) electrons. The lowest BCUT2D eigenvalue weighted by Gasteiger charge is -2.12. The molecule has 1 aromatic rings. The molecule has 1 amide bonds. The van der Waals surface area contributed by atoms with Crippen LogP contribution in [-0.4, -0.2) is 31.7 Å². The molecule has 0 bridgehead atoms. The van der Waals surface area contributed by atoms with Gasteiger partial charge in [-0.1, -0.05) is 30.3 Å². The SMILES string of the molecule is CCOCCCNC(=O)C(N)Cc1ccccc1. The molecule has 1 rings (SSSR count). The molecular weight excluding hydrogens is 228 g/mol. The van der Waals surface area contributed by atoms with Gasteiger partial charge < -0.3 is 15.8 Å². The Labute approximate surface area is 109 Å². The molecule has 4 heteroatoms. The zero-order valence-electron chi connectivity index (χ0n) is 10.9. The van der Waals surface area contributed by atoms with Crippen LogP contribution in [0.15, 0.2) is 30.3 Å². The second-order valence-corrected chi connectivity index (χ2v) is 4.14. The van der Waals surface area contributed by atoms with E-state index in [4.69, 9.17) is 10.5 Å². The van der Waals surface area contributed by atoms with Crippen molar-refractivity contribution in [2.75, 3.05) is 19.8 Å². The van der Waals surface area contributed by atoms with Crippen molar-refractivity contribution in [3.05, 3.63) is 35.9 Å². The molecule has 1 unspecified atom stereocenters. The van der Waals surface area contributed by atoms with Crippen LogP contribution in [-0.2, 0) is 16.0 Å². The molecule has 0 fully saturated rings. The van der Waals surface area contributed by atoms with E-state index >= 15 is 0 Å². The first kappa shape index (κ1) is 14.7. The van der Waals surface area contributed by atoms with Crippen LogP contribution in [0.1, 0.15) is 18.9 Å². The molecule has 0 aliphatic heterocycles. The van der Waals surface area contributed by atoms with Gasteiger partial charge in [-0.3, -0.25) is 4.79 Å². The third-order valence-corrected chi connectivity index (χ3v) is 2.60. The number of ether oxygens (including phenoxy) is 1. The summed E-state index contributed by atoms with van der Waals surface area (Å²) in [6, 6.07) is 9.30. The average Bonchev–Trinajstić information content (AvgIpc) is 2.39. The maximum absolute atomic E-state index is 11.7. The van der Waals surface area contributed by atoms with Gasteiger partial charge >= 0.3 is 0 Å². The molecular formula is C14H22N2O2. The minimum Gasteiger partial charge on any atom is -0.382 e. The van der Waals surface area contributed by atoms with Gasteiger partial charge in [0.05, 0.1) is 6.04 Å². The molecule has 3 N–H and O–H groups in total. The summed E-state index contributed by atoms with van der Waals surface area (Å²) in [5, 5.41) is 2.82. The van der Waals surface area contributed by atoms with Gasteiger partial charge in [0.25, 0.3) is 0 Å². The Bertz CT molecular complexity index is 341. The zero-order valence-corrected chi connectivity index (χ0v) is 10.9. The minimum atomic E-state index is -0.487. The molecule has 100 valence electrons. The summed E-state index contributed by atoms with van der Waals surface area (Å²) >= 11 is 0. The Kier molecular flexibility index (Phi) is 7.06. The van der Waals surface area contributed by atoms with Crippen LogP contribution in [0.4, 0.5) is 0 Å². The smallest absolute Gasteiger partial charge is 0.237 e. The number of hydrogen-bond donors (Lipinski definition) is 2. The van der Waals surface area contributed by atoms with Crippen molar-refractivity contribution in [3.63, 3.8) is 0 Å². The van der Waals surface area contributed by atoms with Crippen molar-refractivity contribution >= 4 is 5.91 Å². The molecule has 18 heavy (non-hydrogen) atoms. The minimum absolute atomic E-state index is 0.102. The van der Waals surface area contributed by atoms with E-state index < -0.39 is 6.04 Å². The van der Waals surface area contributed by atoms with E-state index in [-0.39, 0.29) is 5.91 Å². The van der Waals surface area contributed by atoms with Crippen LogP contribution >= 0.6 is 0 Å². The molecule has 0 aliphatic carbocycles. The van der Waals surface area contributed by atoms with Crippen LogP contribution in [0.5, 0.6) is 0 Å². The first-order valence-electron chi connectivity index (χ1n) is 6.39. The van der Waals surface area contributed by atoms with Gasteiger partial charge in [-0.2, -0.15) is 0 Å². The van der Waals surface area contributed by atoms with Crippen LogP contribution in [0.25, 0.3) is 0 Å². The number of carbonyl (C=O) groups excluding carboxylic acids is 1. The Hall–Kier alpha value is -1.39. The quantitative estimate of drug-likeness (QED) is 0.679. The largest absolute Gasteiger partial charge is 0.382 e. The number of nitrogens with one attached hydrogen (secondary N) is 1. The number of nitrogens with two attached hydrogens (primary N) is 1. The van der Waals surface area contributed by atoms with E-state index in [0.29, 0.717) is 26.2 Å². The first-order valence-corrected chi connectivity index (χ1v) is 6.39. The second kappa shape index (κ2) is 8.66.